The van der Waals surface area contributed by atoms with Gasteiger partial charge in [0.1, 0.15) is 11.3 Å². The first-order valence-corrected chi connectivity index (χ1v) is 5.54. The standard InChI is InChI=1S/C11H22N2O3/c1-10(2,3)16-9(14)13-8(6-12)7-15-11(13,4)5/h8H,6-7,12H2,1-5H3/t8-/m1/s1. The molecule has 0 unspecified atom stereocenters. The Bertz CT molecular complexity index is 271. The van der Waals surface area contributed by atoms with Crippen molar-refractivity contribution in [3.05, 3.63) is 0 Å². The summed E-state index contributed by atoms with van der Waals surface area (Å²) < 4.78 is 10.9. The lowest BCUT2D eigenvalue weighted by atomic mass is 10.2. The molecule has 0 bridgehead atoms. The van der Waals surface area contributed by atoms with Crippen LogP contribution >= 0.6 is 0 Å². The fraction of sp³-hybridized carbons (Fsp3) is 0.909. The van der Waals surface area contributed by atoms with E-state index in [-0.39, 0.29) is 12.1 Å². The zero-order valence-electron chi connectivity index (χ0n) is 10.7. The largest absolute Gasteiger partial charge is 0.444 e. The molecule has 1 atom stereocenters. The SMILES string of the molecule is CC(C)(C)OC(=O)N1[C@H](CN)COC1(C)C. The highest BCUT2D eigenvalue weighted by Gasteiger charge is 2.44. The van der Waals surface area contributed by atoms with Gasteiger partial charge in [-0.05, 0) is 34.6 Å². The van der Waals surface area contributed by atoms with Crippen molar-refractivity contribution < 1.29 is 14.3 Å². The van der Waals surface area contributed by atoms with Gasteiger partial charge in [-0.25, -0.2) is 4.79 Å². The van der Waals surface area contributed by atoms with E-state index >= 15 is 0 Å². The summed E-state index contributed by atoms with van der Waals surface area (Å²) in [6.45, 7) is 10.0. The van der Waals surface area contributed by atoms with Crippen LogP contribution < -0.4 is 5.73 Å². The molecule has 1 aliphatic rings. The lowest BCUT2D eigenvalue weighted by molar-refractivity contribution is -0.0621. The van der Waals surface area contributed by atoms with Gasteiger partial charge in [-0.1, -0.05) is 0 Å². The van der Waals surface area contributed by atoms with Gasteiger partial charge >= 0.3 is 6.09 Å². The van der Waals surface area contributed by atoms with Gasteiger partial charge in [0.05, 0.1) is 12.6 Å². The minimum absolute atomic E-state index is 0.107. The number of nitrogens with two attached hydrogens (primary N) is 1. The van der Waals surface area contributed by atoms with Gasteiger partial charge in [0.2, 0.25) is 0 Å². The Kier molecular flexibility index (Phi) is 3.50. The lowest BCUT2D eigenvalue weighted by Gasteiger charge is -2.34. The van der Waals surface area contributed by atoms with E-state index in [1.54, 1.807) is 4.90 Å². The molecule has 0 aromatic rings. The molecule has 1 saturated heterocycles. The topological polar surface area (TPSA) is 64.8 Å². The van der Waals surface area contributed by atoms with Crippen molar-refractivity contribution in [1.29, 1.82) is 0 Å². The molecule has 5 heteroatoms. The number of carbonyl (C=O) groups is 1. The Hall–Kier alpha value is -0.810. The summed E-state index contributed by atoms with van der Waals surface area (Å²) in [5.74, 6) is 0. The highest BCUT2D eigenvalue weighted by atomic mass is 16.6. The van der Waals surface area contributed by atoms with Gasteiger partial charge in [-0.2, -0.15) is 0 Å². The molecule has 1 amide bonds. The molecule has 0 aromatic heterocycles. The molecule has 1 heterocycles. The zero-order valence-corrected chi connectivity index (χ0v) is 10.7. The molecule has 94 valence electrons. The highest BCUT2D eigenvalue weighted by Crippen LogP contribution is 2.28. The van der Waals surface area contributed by atoms with Gasteiger partial charge in [0.15, 0.2) is 0 Å². The maximum Gasteiger partial charge on any atom is 0.412 e. The summed E-state index contributed by atoms with van der Waals surface area (Å²) in [4.78, 5) is 13.6. The van der Waals surface area contributed by atoms with E-state index in [1.807, 2.05) is 34.6 Å². The average molecular weight is 230 g/mol. The third-order valence-corrected chi connectivity index (χ3v) is 2.44. The Morgan fingerprint density at radius 2 is 2.12 bits per heavy atom. The maximum atomic E-state index is 12.0. The van der Waals surface area contributed by atoms with Crippen LogP contribution in [0.15, 0.2) is 0 Å². The van der Waals surface area contributed by atoms with Gasteiger partial charge < -0.3 is 15.2 Å². The number of amides is 1. The van der Waals surface area contributed by atoms with Crippen LogP contribution in [0.4, 0.5) is 4.79 Å². The monoisotopic (exact) mass is 230 g/mol. The number of hydrogen-bond donors (Lipinski definition) is 1. The van der Waals surface area contributed by atoms with Gasteiger partial charge in [-0.3, -0.25) is 4.90 Å². The minimum atomic E-state index is -0.646. The van der Waals surface area contributed by atoms with Crippen molar-refractivity contribution in [3.8, 4) is 0 Å². The van der Waals surface area contributed by atoms with Crippen LogP contribution in [-0.2, 0) is 9.47 Å². The molecule has 0 aromatic carbocycles. The average Bonchev–Trinajstić information content (AvgIpc) is 2.37. The van der Waals surface area contributed by atoms with Crippen LogP contribution in [0.2, 0.25) is 0 Å². The van der Waals surface area contributed by atoms with Crippen LogP contribution in [-0.4, -0.2) is 41.5 Å². The van der Waals surface area contributed by atoms with Crippen LogP contribution in [0, 0.1) is 0 Å². The third kappa shape index (κ3) is 2.86. The van der Waals surface area contributed by atoms with Gasteiger partial charge in [-0.15, -0.1) is 0 Å². The molecule has 0 spiro atoms. The van der Waals surface area contributed by atoms with E-state index in [2.05, 4.69) is 0 Å². The zero-order chi connectivity index (χ0) is 12.6. The van der Waals surface area contributed by atoms with E-state index in [0.717, 1.165) is 0 Å². The van der Waals surface area contributed by atoms with Gasteiger partial charge in [0.25, 0.3) is 0 Å². The van der Waals surface area contributed by atoms with Crippen molar-refractivity contribution in [2.75, 3.05) is 13.2 Å². The molecule has 1 rings (SSSR count). The second-order valence-electron chi connectivity index (χ2n) is 5.50. The van der Waals surface area contributed by atoms with Crippen LogP contribution in [0.25, 0.3) is 0 Å². The smallest absolute Gasteiger partial charge is 0.412 e. The quantitative estimate of drug-likeness (QED) is 0.737. The second kappa shape index (κ2) is 4.22. The molecule has 1 fully saturated rings. The number of rotatable bonds is 1. The van der Waals surface area contributed by atoms with E-state index in [4.69, 9.17) is 15.2 Å². The van der Waals surface area contributed by atoms with E-state index < -0.39 is 11.3 Å². The van der Waals surface area contributed by atoms with Crippen LogP contribution in [0.3, 0.4) is 0 Å². The van der Waals surface area contributed by atoms with Crippen molar-refractivity contribution >= 4 is 6.09 Å². The fourth-order valence-electron chi connectivity index (χ4n) is 1.74. The summed E-state index contributed by atoms with van der Waals surface area (Å²) in [6.07, 6.45) is -0.370. The first-order valence-electron chi connectivity index (χ1n) is 5.54. The summed E-state index contributed by atoms with van der Waals surface area (Å²) in [7, 11) is 0. The Labute approximate surface area is 96.9 Å². The van der Waals surface area contributed by atoms with Crippen LogP contribution in [0.5, 0.6) is 0 Å². The summed E-state index contributed by atoms with van der Waals surface area (Å²) in [5.41, 5.74) is 4.47. The summed E-state index contributed by atoms with van der Waals surface area (Å²) in [5, 5.41) is 0. The minimum Gasteiger partial charge on any atom is -0.444 e. The molecule has 2 N–H and O–H groups in total. The predicted molar refractivity (Wildman–Crippen MR) is 60.9 cm³/mol. The molecule has 16 heavy (non-hydrogen) atoms. The van der Waals surface area contributed by atoms with Crippen LogP contribution in [0.1, 0.15) is 34.6 Å². The van der Waals surface area contributed by atoms with E-state index in [1.165, 1.54) is 0 Å². The highest BCUT2D eigenvalue weighted by molar-refractivity contribution is 5.69. The molecule has 1 aliphatic heterocycles. The lowest BCUT2D eigenvalue weighted by Crippen LogP contribution is -2.51. The number of nitrogens with zero attached hydrogens (tertiary/aromatic N) is 1. The summed E-state index contributed by atoms with van der Waals surface area (Å²) >= 11 is 0. The molecule has 0 radical (unpaired) electrons. The maximum absolute atomic E-state index is 12.0. The first-order chi connectivity index (χ1) is 7.17. The van der Waals surface area contributed by atoms with E-state index in [0.29, 0.717) is 13.2 Å². The number of hydrogen-bond acceptors (Lipinski definition) is 4. The van der Waals surface area contributed by atoms with Crippen molar-refractivity contribution in [2.24, 2.45) is 5.73 Å². The molecular weight excluding hydrogens is 208 g/mol. The Morgan fingerprint density at radius 3 is 2.56 bits per heavy atom. The predicted octanol–water partition coefficient (Wildman–Crippen LogP) is 1.32. The molecule has 5 nitrogen and oxygen atoms in total. The molecule has 0 aliphatic carbocycles. The number of carbonyl (C=O) groups excluding carboxylic acids is 1. The van der Waals surface area contributed by atoms with Crippen molar-refractivity contribution in [1.82, 2.24) is 4.90 Å². The number of ether oxygens (including phenoxy) is 2. The Morgan fingerprint density at radius 1 is 1.56 bits per heavy atom. The van der Waals surface area contributed by atoms with Crippen molar-refractivity contribution in [3.63, 3.8) is 0 Å². The summed E-state index contributed by atoms with van der Waals surface area (Å²) in [6, 6.07) is -0.107. The van der Waals surface area contributed by atoms with E-state index in [9.17, 15) is 4.79 Å². The fourth-order valence-corrected chi connectivity index (χ4v) is 1.74. The van der Waals surface area contributed by atoms with Gasteiger partial charge in [0, 0.05) is 6.54 Å². The first kappa shape index (κ1) is 13.3. The molecular formula is C11H22N2O3. The normalized spacial score (nSPS) is 24.6. The second-order valence-corrected chi connectivity index (χ2v) is 5.50. The Balaban J connectivity index is 2.79. The molecule has 0 saturated carbocycles. The third-order valence-electron chi connectivity index (χ3n) is 2.44. The van der Waals surface area contributed by atoms with Crippen molar-refractivity contribution in [2.45, 2.75) is 52.0 Å².